The summed E-state index contributed by atoms with van der Waals surface area (Å²) in [7, 11) is 1.47. The minimum absolute atomic E-state index is 0.0295. The number of carbonyl (C=O) groups is 2. The normalized spacial score (nSPS) is 13.9. The fraction of sp³-hybridized carbons (Fsp3) is 0.830. The summed E-state index contributed by atoms with van der Waals surface area (Å²) >= 11 is 0. The number of rotatable bonds is 42. The Balaban J connectivity index is 4.33. The molecule has 0 spiro atoms. The quantitative estimate of drug-likeness (QED) is 0.0213. The predicted octanol–water partition coefficient (Wildman–Crippen LogP) is 13.3. The summed E-state index contributed by atoms with van der Waals surface area (Å²) in [5, 5.41) is 0. The average molecular weight is 827 g/mol. The van der Waals surface area contributed by atoms with Crippen LogP contribution < -0.4 is 0 Å². The van der Waals surface area contributed by atoms with Crippen molar-refractivity contribution in [2.75, 3.05) is 47.5 Å². The molecule has 0 aliphatic carbocycles. The Morgan fingerprint density at radius 3 is 1.44 bits per heavy atom. The van der Waals surface area contributed by atoms with Gasteiger partial charge in [0.2, 0.25) is 0 Å². The number of allylic oxidation sites excluding steroid dienone is 6. The van der Waals surface area contributed by atoms with Crippen LogP contribution in [0.4, 0.5) is 0 Å². The maximum atomic E-state index is 12.7. The van der Waals surface area contributed by atoms with Crippen LogP contribution >= 0.6 is 7.82 Å². The summed E-state index contributed by atoms with van der Waals surface area (Å²) in [6.07, 6.45) is 44.7. The molecule has 57 heavy (non-hydrogen) atoms. The van der Waals surface area contributed by atoms with Crippen molar-refractivity contribution in [3.8, 4) is 0 Å². The SMILES string of the molecule is CCCCC/C=C/C/C=C/CCCCCCCCCCCC(=O)O[C@H](COC(=O)CCCCCCC/C=C/CCCCCCC)COP(=O)(O)OCC[N+](C)(C)C. The van der Waals surface area contributed by atoms with E-state index in [-0.39, 0.29) is 32.0 Å². The van der Waals surface area contributed by atoms with Crippen molar-refractivity contribution in [2.45, 2.75) is 206 Å². The van der Waals surface area contributed by atoms with Crippen LogP contribution in [-0.2, 0) is 32.7 Å². The van der Waals surface area contributed by atoms with E-state index in [0.29, 0.717) is 17.4 Å². The first-order valence-corrected chi connectivity index (χ1v) is 24.7. The van der Waals surface area contributed by atoms with Crippen molar-refractivity contribution >= 4 is 19.8 Å². The third-order valence-corrected chi connectivity index (χ3v) is 10.9. The number of hydrogen-bond donors (Lipinski definition) is 1. The number of quaternary nitrogens is 1. The van der Waals surface area contributed by atoms with Crippen LogP contribution in [0.1, 0.15) is 200 Å². The third-order valence-electron chi connectivity index (χ3n) is 9.89. The maximum Gasteiger partial charge on any atom is 0.472 e. The molecule has 0 amide bonds. The van der Waals surface area contributed by atoms with Gasteiger partial charge in [-0.25, -0.2) is 4.57 Å². The summed E-state index contributed by atoms with van der Waals surface area (Å²) in [5.41, 5.74) is 0. The van der Waals surface area contributed by atoms with E-state index in [1.807, 2.05) is 21.1 Å². The minimum Gasteiger partial charge on any atom is -0.462 e. The maximum absolute atomic E-state index is 12.7. The number of ether oxygens (including phenoxy) is 2. The largest absolute Gasteiger partial charge is 0.472 e. The Morgan fingerprint density at radius 2 is 0.947 bits per heavy atom. The molecule has 0 saturated carbocycles. The summed E-state index contributed by atoms with van der Waals surface area (Å²) < 4.78 is 34.3. The molecule has 0 aliphatic heterocycles. The number of phosphoric ester groups is 1. The zero-order valence-electron chi connectivity index (χ0n) is 37.6. The average Bonchev–Trinajstić information content (AvgIpc) is 3.16. The monoisotopic (exact) mass is 827 g/mol. The lowest BCUT2D eigenvalue weighted by atomic mass is 10.1. The summed E-state index contributed by atoms with van der Waals surface area (Å²) in [4.78, 5) is 35.4. The molecule has 0 aromatic heterocycles. The fourth-order valence-corrected chi connectivity index (χ4v) is 6.96. The smallest absolute Gasteiger partial charge is 0.462 e. The molecule has 0 radical (unpaired) electrons. The van der Waals surface area contributed by atoms with E-state index in [1.165, 1.54) is 96.3 Å². The van der Waals surface area contributed by atoms with E-state index < -0.39 is 26.5 Å². The van der Waals surface area contributed by atoms with E-state index in [2.05, 4.69) is 50.3 Å². The number of likely N-dealkylation sites (N-methyl/N-ethyl adjacent to an activating group) is 1. The van der Waals surface area contributed by atoms with Crippen LogP contribution in [0.5, 0.6) is 0 Å². The first-order valence-electron chi connectivity index (χ1n) is 23.2. The molecular weight excluding hydrogens is 737 g/mol. The number of hydrogen-bond acceptors (Lipinski definition) is 7. The Kier molecular flexibility index (Phi) is 38.4. The van der Waals surface area contributed by atoms with Gasteiger partial charge >= 0.3 is 19.8 Å². The number of nitrogens with zero attached hydrogens (tertiary/aromatic N) is 1. The molecule has 0 aliphatic rings. The first-order chi connectivity index (χ1) is 27.5. The molecule has 0 saturated heterocycles. The van der Waals surface area contributed by atoms with Gasteiger partial charge in [0.05, 0.1) is 27.7 Å². The Labute approximate surface area is 351 Å². The molecule has 0 fully saturated rings. The van der Waals surface area contributed by atoms with Gasteiger partial charge in [0.15, 0.2) is 6.10 Å². The van der Waals surface area contributed by atoms with Crippen molar-refractivity contribution < 1.29 is 42.1 Å². The highest BCUT2D eigenvalue weighted by molar-refractivity contribution is 7.47. The van der Waals surface area contributed by atoms with E-state index in [1.54, 1.807) is 0 Å². The van der Waals surface area contributed by atoms with E-state index in [0.717, 1.165) is 70.6 Å². The molecule has 2 atom stereocenters. The first kappa shape index (κ1) is 55.2. The highest BCUT2D eigenvalue weighted by Crippen LogP contribution is 2.43. The molecule has 10 heteroatoms. The van der Waals surface area contributed by atoms with Crippen LogP contribution in [0.2, 0.25) is 0 Å². The van der Waals surface area contributed by atoms with Crippen LogP contribution in [0.15, 0.2) is 36.5 Å². The summed E-state index contributed by atoms with van der Waals surface area (Å²) in [6.45, 7) is 4.38. The van der Waals surface area contributed by atoms with Crippen molar-refractivity contribution in [3.63, 3.8) is 0 Å². The van der Waals surface area contributed by atoms with Gasteiger partial charge < -0.3 is 18.9 Å². The van der Waals surface area contributed by atoms with Gasteiger partial charge in [-0.1, -0.05) is 153 Å². The topological polar surface area (TPSA) is 108 Å². The van der Waals surface area contributed by atoms with Crippen molar-refractivity contribution in [1.29, 1.82) is 0 Å². The van der Waals surface area contributed by atoms with E-state index >= 15 is 0 Å². The molecule has 0 aromatic rings. The summed E-state index contributed by atoms with van der Waals surface area (Å²) in [6, 6.07) is 0. The third kappa shape index (κ3) is 43.6. The minimum atomic E-state index is -4.38. The Hall–Kier alpha value is -1.77. The lowest BCUT2D eigenvalue weighted by Crippen LogP contribution is -2.37. The molecule has 334 valence electrons. The van der Waals surface area contributed by atoms with E-state index in [4.69, 9.17) is 18.5 Å². The number of unbranched alkanes of at least 4 members (excludes halogenated alkanes) is 22. The molecule has 1 N–H and O–H groups in total. The molecule has 1 unspecified atom stereocenters. The van der Waals surface area contributed by atoms with Gasteiger partial charge in [-0.3, -0.25) is 18.6 Å². The Morgan fingerprint density at radius 1 is 0.544 bits per heavy atom. The van der Waals surface area contributed by atoms with Gasteiger partial charge in [0.25, 0.3) is 0 Å². The van der Waals surface area contributed by atoms with Gasteiger partial charge in [-0.05, 0) is 70.6 Å². The van der Waals surface area contributed by atoms with Crippen molar-refractivity contribution in [3.05, 3.63) is 36.5 Å². The predicted molar refractivity (Wildman–Crippen MR) is 238 cm³/mol. The number of carbonyl (C=O) groups excluding carboxylic acids is 2. The molecule has 0 aromatic carbocycles. The zero-order valence-corrected chi connectivity index (χ0v) is 38.5. The Bertz CT molecular complexity index is 1070. The second-order valence-corrected chi connectivity index (χ2v) is 18.2. The van der Waals surface area contributed by atoms with Crippen LogP contribution in [0.25, 0.3) is 0 Å². The molecule has 0 bridgehead atoms. The van der Waals surface area contributed by atoms with Gasteiger partial charge in [0, 0.05) is 12.8 Å². The highest BCUT2D eigenvalue weighted by Gasteiger charge is 2.27. The molecule has 0 rings (SSSR count). The molecule has 0 heterocycles. The zero-order chi connectivity index (χ0) is 42.1. The molecular formula is C47H89NO8P+. The second kappa shape index (κ2) is 39.7. The number of esters is 2. The van der Waals surface area contributed by atoms with Crippen LogP contribution in [0, 0.1) is 0 Å². The van der Waals surface area contributed by atoms with Crippen molar-refractivity contribution in [2.24, 2.45) is 0 Å². The standard InChI is InChI=1S/C47H88NO8P/c1-6-8-10-12-14-16-18-20-22-23-24-25-26-28-30-32-34-36-38-40-47(50)56-45(44-55-57(51,52)54-42-41-48(3,4)5)43-53-46(49)39-37-35-33-31-29-27-21-19-17-15-13-11-9-7-2/h14,16,19-22,45H,6-13,15,17-18,23-44H2,1-5H3/p+1/b16-14+,21-19+,22-20+/t45-/m1/s1. The van der Waals surface area contributed by atoms with Crippen LogP contribution in [-0.4, -0.2) is 74.9 Å². The lowest BCUT2D eigenvalue weighted by Gasteiger charge is -2.24. The highest BCUT2D eigenvalue weighted by atomic mass is 31.2. The van der Waals surface area contributed by atoms with Gasteiger partial charge in [-0.15, -0.1) is 0 Å². The number of phosphoric acid groups is 1. The van der Waals surface area contributed by atoms with Gasteiger partial charge in [0.1, 0.15) is 19.8 Å². The fourth-order valence-electron chi connectivity index (χ4n) is 6.21. The van der Waals surface area contributed by atoms with Crippen molar-refractivity contribution in [1.82, 2.24) is 0 Å². The van der Waals surface area contributed by atoms with Gasteiger partial charge in [-0.2, -0.15) is 0 Å². The lowest BCUT2D eigenvalue weighted by molar-refractivity contribution is -0.870. The summed E-state index contributed by atoms with van der Waals surface area (Å²) in [5.74, 6) is -0.810. The van der Waals surface area contributed by atoms with E-state index in [9.17, 15) is 19.0 Å². The second-order valence-electron chi connectivity index (χ2n) is 16.8. The van der Waals surface area contributed by atoms with Crippen LogP contribution in [0.3, 0.4) is 0 Å². The molecule has 9 nitrogen and oxygen atoms in total.